The first kappa shape index (κ1) is 18.1. The zero-order chi connectivity index (χ0) is 19.1. The summed E-state index contributed by atoms with van der Waals surface area (Å²) in [5.41, 5.74) is 8.65. The number of thioether (sulfide) groups is 1. The SMILES string of the molecule is COc1cccc(SC2CN(C(=O)c3sc4nnc(C)c(C)c4c3N)C2)c1. The van der Waals surface area contributed by atoms with Crippen LogP contribution in [0.15, 0.2) is 29.2 Å². The van der Waals surface area contributed by atoms with E-state index in [0.29, 0.717) is 28.9 Å². The number of anilines is 1. The third-order valence-electron chi connectivity index (χ3n) is 4.81. The Morgan fingerprint density at radius 3 is 2.85 bits per heavy atom. The Bertz CT molecular complexity index is 1030. The van der Waals surface area contributed by atoms with Gasteiger partial charge in [-0.15, -0.1) is 28.2 Å². The Morgan fingerprint density at radius 2 is 2.11 bits per heavy atom. The molecule has 3 aromatic rings. The fourth-order valence-corrected chi connectivity index (χ4v) is 5.39. The minimum atomic E-state index is -0.0185. The van der Waals surface area contributed by atoms with Gasteiger partial charge in [-0.3, -0.25) is 4.79 Å². The highest BCUT2D eigenvalue weighted by Crippen LogP contribution is 2.38. The number of ether oxygens (including phenoxy) is 1. The van der Waals surface area contributed by atoms with E-state index in [9.17, 15) is 4.79 Å². The zero-order valence-electron chi connectivity index (χ0n) is 15.4. The van der Waals surface area contributed by atoms with Crippen LogP contribution in [0.25, 0.3) is 10.2 Å². The number of carbonyl (C=O) groups is 1. The van der Waals surface area contributed by atoms with Gasteiger partial charge < -0.3 is 15.4 Å². The predicted octanol–water partition coefficient (Wildman–Crippen LogP) is 3.52. The summed E-state index contributed by atoms with van der Waals surface area (Å²) in [6.07, 6.45) is 0. The number of nitrogens with two attached hydrogens (primary N) is 1. The van der Waals surface area contributed by atoms with Crippen LogP contribution in [0.4, 0.5) is 5.69 Å². The maximum absolute atomic E-state index is 12.9. The van der Waals surface area contributed by atoms with Gasteiger partial charge in [0.25, 0.3) is 5.91 Å². The number of thiophene rings is 1. The lowest BCUT2D eigenvalue weighted by molar-refractivity contribution is 0.0670. The molecule has 0 unspecified atom stereocenters. The molecule has 0 atom stereocenters. The van der Waals surface area contributed by atoms with Gasteiger partial charge in [-0.2, -0.15) is 5.10 Å². The normalized spacial score (nSPS) is 14.4. The van der Waals surface area contributed by atoms with Crippen LogP contribution in [-0.2, 0) is 0 Å². The number of rotatable bonds is 4. The Labute approximate surface area is 165 Å². The summed E-state index contributed by atoms with van der Waals surface area (Å²) in [6, 6.07) is 7.98. The molecule has 1 saturated heterocycles. The van der Waals surface area contributed by atoms with E-state index >= 15 is 0 Å². The van der Waals surface area contributed by atoms with Crippen LogP contribution in [0.2, 0.25) is 0 Å². The molecule has 27 heavy (non-hydrogen) atoms. The van der Waals surface area contributed by atoms with Gasteiger partial charge in [-0.25, -0.2) is 0 Å². The van der Waals surface area contributed by atoms with Crippen molar-refractivity contribution in [3.05, 3.63) is 40.4 Å². The first-order chi connectivity index (χ1) is 13.0. The average Bonchev–Trinajstić information content (AvgIpc) is 2.98. The molecule has 1 fully saturated rings. The van der Waals surface area contributed by atoms with Gasteiger partial charge in [0.1, 0.15) is 15.5 Å². The fourth-order valence-electron chi connectivity index (χ4n) is 3.09. The third kappa shape index (κ3) is 3.23. The van der Waals surface area contributed by atoms with E-state index in [0.717, 1.165) is 32.1 Å². The van der Waals surface area contributed by atoms with Crippen molar-refractivity contribution in [3.63, 3.8) is 0 Å². The summed E-state index contributed by atoms with van der Waals surface area (Å²) in [5, 5.41) is 9.57. The maximum Gasteiger partial charge on any atom is 0.266 e. The first-order valence-electron chi connectivity index (χ1n) is 8.59. The number of likely N-dealkylation sites (tertiary alicyclic amines) is 1. The van der Waals surface area contributed by atoms with E-state index in [1.54, 1.807) is 18.9 Å². The Balaban J connectivity index is 1.47. The second kappa shape index (κ2) is 7.01. The van der Waals surface area contributed by atoms with Crippen molar-refractivity contribution in [2.24, 2.45) is 0 Å². The largest absolute Gasteiger partial charge is 0.497 e. The predicted molar refractivity (Wildman–Crippen MR) is 110 cm³/mol. The van der Waals surface area contributed by atoms with Gasteiger partial charge in [0.2, 0.25) is 0 Å². The molecule has 0 spiro atoms. The van der Waals surface area contributed by atoms with Crippen molar-refractivity contribution in [1.29, 1.82) is 0 Å². The maximum atomic E-state index is 12.9. The molecule has 0 radical (unpaired) electrons. The fraction of sp³-hybridized carbons (Fsp3) is 0.316. The van der Waals surface area contributed by atoms with Crippen molar-refractivity contribution in [2.45, 2.75) is 24.0 Å². The van der Waals surface area contributed by atoms with Gasteiger partial charge in [-0.1, -0.05) is 6.07 Å². The van der Waals surface area contributed by atoms with Gasteiger partial charge in [-0.05, 0) is 37.6 Å². The molecule has 6 nitrogen and oxygen atoms in total. The van der Waals surface area contributed by atoms with Crippen molar-refractivity contribution < 1.29 is 9.53 Å². The van der Waals surface area contributed by atoms with Crippen molar-refractivity contribution >= 4 is 44.9 Å². The average molecular weight is 401 g/mol. The van der Waals surface area contributed by atoms with E-state index in [-0.39, 0.29) is 5.91 Å². The molecule has 2 N–H and O–H groups in total. The van der Waals surface area contributed by atoms with E-state index in [4.69, 9.17) is 10.5 Å². The monoisotopic (exact) mass is 400 g/mol. The minimum Gasteiger partial charge on any atom is -0.497 e. The van der Waals surface area contributed by atoms with E-state index in [1.165, 1.54) is 11.3 Å². The number of aromatic nitrogens is 2. The number of carbonyl (C=O) groups excluding carboxylic acids is 1. The zero-order valence-corrected chi connectivity index (χ0v) is 17.0. The molecule has 8 heteroatoms. The smallest absolute Gasteiger partial charge is 0.266 e. The van der Waals surface area contributed by atoms with Crippen LogP contribution in [0.3, 0.4) is 0 Å². The highest BCUT2D eigenvalue weighted by Gasteiger charge is 2.34. The lowest BCUT2D eigenvalue weighted by atomic mass is 10.1. The molecule has 2 aromatic heterocycles. The lowest BCUT2D eigenvalue weighted by Crippen LogP contribution is -2.51. The number of methoxy groups -OCH3 is 1. The van der Waals surface area contributed by atoms with Crippen molar-refractivity contribution in [2.75, 3.05) is 25.9 Å². The topological polar surface area (TPSA) is 81.3 Å². The molecule has 3 heterocycles. The summed E-state index contributed by atoms with van der Waals surface area (Å²) >= 11 is 3.10. The summed E-state index contributed by atoms with van der Waals surface area (Å²) in [7, 11) is 1.66. The molecule has 140 valence electrons. The van der Waals surface area contributed by atoms with Crippen LogP contribution in [-0.4, -0.2) is 46.5 Å². The number of hydrogen-bond acceptors (Lipinski definition) is 7. The van der Waals surface area contributed by atoms with E-state index < -0.39 is 0 Å². The summed E-state index contributed by atoms with van der Waals surface area (Å²) < 4.78 is 5.26. The molecule has 1 aliphatic heterocycles. The van der Waals surface area contributed by atoms with Crippen LogP contribution in [0.1, 0.15) is 20.9 Å². The van der Waals surface area contributed by atoms with E-state index in [2.05, 4.69) is 16.3 Å². The molecule has 0 bridgehead atoms. The van der Waals surface area contributed by atoms with Crippen molar-refractivity contribution in [3.8, 4) is 5.75 Å². The lowest BCUT2D eigenvalue weighted by Gasteiger charge is -2.38. The van der Waals surface area contributed by atoms with Crippen LogP contribution < -0.4 is 10.5 Å². The Morgan fingerprint density at radius 1 is 1.33 bits per heavy atom. The molecule has 4 rings (SSSR count). The van der Waals surface area contributed by atoms with Crippen LogP contribution >= 0.6 is 23.1 Å². The molecular formula is C19H20N4O2S2. The molecule has 1 aromatic carbocycles. The molecule has 0 aliphatic carbocycles. The number of fused-ring (bicyclic) bond motifs is 1. The minimum absolute atomic E-state index is 0.0185. The van der Waals surface area contributed by atoms with E-state index in [1.807, 2.05) is 36.9 Å². The van der Waals surface area contributed by atoms with Gasteiger partial charge >= 0.3 is 0 Å². The second-order valence-electron chi connectivity index (χ2n) is 6.56. The summed E-state index contributed by atoms with van der Waals surface area (Å²) in [4.78, 5) is 17.2. The van der Waals surface area contributed by atoms with Gasteiger partial charge in [0.15, 0.2) is 0 Å². The number of aryl methyl sites for hydroxylation is 2. The number of benzene rings is 1. The summed E-state index contributed by atoms with van der Waals surface area (Å²) in [5.74, 6) is 0.826. The molecule has 0 saturated carbocycles. The number of nitrogens with zero attached hydrogens (tertiary/aromatic N) is 3. The van der Waals surface area contributed by atoms with Crippen LogP contribution in [0, 0.1) is 13.8 Å². The van der Waals surface area contributed by atoms with Crippen molar-refractivity contribution in [1.82, 2.24) is 15.1 Å². The van der Waals surface area contributed by atoms with Crippen LogP contribution in [0.5, 0.6) is 5.75 Å². The summed E-state index contributed by atoms with van der Waals surface area (Å²) in [6.45, 7) is 5.28. The molecular weight excluding hydrogens is 380 g/mol. The standard InChI is InChI=1S/C19H20N4O2S2/c1-10-11(2)21-22-18-15(10)16(20)17(27-18)19(24)23-8-14(9-23)26-13-6-4-5-12(7-13)25-3/h4-7,14H,8-9,20H2,1-3H3. The first-order valence-corrected chi connectivity index (χ1v) is 10.3. The Hall–Kier alpha value is -2.32. The Kier molecular flexibility index (Phi) is 4.69. The second-order valence-corrected chi connectivity index (χ2v) is 8.94. The third-order valence-corrected chi connectivity index (χ3v) is 7.04. The highest BCUT2D eigenvalue weighted by atomic mass is 32.2. The number of hydrogen-bond donors (Lipinski definition) is 1. The van der Waals surface area contributed by atoms with Gasteiger partial charge in [0, 0.05) is 28.6 Å². The number of nitrogen functional groups attached to an aromatic ring is 1. The number of amides is 1. The van der Waals surface area contributed by atoms with Gasteiger partial charge in [0.05, 0.1) is 18.5 Å². The molecule has 1 aliphatic rings. The molecule has 1 amide bonds. The quantitative estimate of drug-likeness (QED) is 0.722. The highest BCUT2D eigenvalue weighted by molar-refractivity contribution is 8.00.